The van der Waals surface area contributed by atoms with Gasteiger partial charge < -0.3 is 10.2 Å². The Morgan fingerprint density at radius 1 is 0.902 bits per heavy atom. The lowest BCUT2D eigenvalue weighted by Gasteiger charge is -2.32. The van der Waals surface area contributed by atoms with Gasteiger partial charge in [0.05, 0.1) is 10.6 Å². The van der Waals surface area contributed by atoms with E-state index in [0.717, 1.165) is 10.9 Å². The Bertz CT molecular complexity index is 1650. The molecule has 0 unspecified atom stereocenters. The fourth-order valence-corrected chi connectivity index (χ4v) is 7.10. The highest BCUT2D eigenvalue weighted by atomic mass is 32.2. The third kappa shape index (κ3) is 5.95. The molecule has 1 aliphatic heterocycles. The predicted octanol–water partition coefficient (Wildman–Crippen LogP) is 5.04. The number of nitrogens with one attached hydrogen (secondary N) is 1. The lowest BCUT2D eigenvalue weighted by atomic mass is 10.0. The molecule has 2 amide bonds. The fourth-order valence-electron chi connectivity index (χ4n) is 5.35. The predicted molar refractivity (Wildman–Crippen MR) is 157 cm³/mol. The number of amides is 2. The molecule has 0 aliphatic carbocycles. The van der Waals surface area contributed by atoms with Crippen molar-refractivity contribution in [3.05, 3.63) is 108 Å². The molecule has 5 rings (SSSR count). The van der Waals surface area contributed by atoms with Gasteiger partial charge in [-0.2, -0.15) is 0 Å². The van der Waals surface area contributed by atoms with Gasteiger partial charge in [0.15, 0.2) is 0 Å². The Morgan fingerprint density at radius 3 is 2.32 bits per heavy atom. The van der Waals surface area contributed by atoms with Crippen molar-refractivity contribution in [1.29, 1.82) is 0 Å². The van der Waals surface area contributed by atoms with Crippen molar-refractivity contribution in [3.8, 4) is 0 Å². The Morgan fingerprint density at radius 2 is 1.61 bits per heavy atom. The summed E-state index contributed by atoms with van der Waals surface area (Å²) in [5.41, 5.74) is 2.19. The van der Waals surface area contributed by atoms with E-state index in [0.29, 0.717) is 29.6 Å². The molecule has 4 aromatic carbocycles. The third-order valence-corrected chi connectivity index (χ3v) is 9.18. The average molecular weight is 574 g/mol. The van der Waals surface area contributed by atoms with Crippen LogP contribution in [0.25, 0.3) is 10.8 Å². The lowest BCUT2D eigenvalue weighted by Crippen LogP contribution is -2.50. The van der Waals surface area contributed by atoms with Gasteiger partial charge >= 0.3 is 0 Å². The van der Waals surface area contributed by atoms with Crippen LogP contribution in [0.1, 0.15) is 30.9 Å². The van der Waals surface area contributed by atoms with Gasteiger partial charge in [0.1, 0.15) is 11.9 Å². The zero-order valence-electron chi connectivity index (χ0n) is 22.8. The number of carbonyl (C=O) groups excluding carboxylic acids is 2. The zero-order valence-corrected chi connectivity index (χ0v) is 23.6. The van der Waals surface area contributed by atoms with Crippen LogP contribution in [0.2, 0.25) is 0 Å². The van der Waals surface area contributed by atoms with E-state index < -0.39 is 16.1 Å². The number of likely N-dealkylation sites (N-methyl/N-ethyl adjacent to an activating group) is 1. The van der Waals surface area contributed by atoms with E-state index in [1.54, 1.807) is 30.3 Å². The molecule has 1 atom stereocenters. The lowest BCUT2D eigenvalue weighted by molar-refractivity contribution is -0.141. The van der Waals surface area contributed by atoms with Crippen molar-refractivity contribution in [3.63, 3.8) is 0 Å². The molecule has 0 bridgehead atoms. The van der Waals surface area contributed by atoms with Gasteiger partial charge in [-0.15, -0.1) is 0 Å². The molecule has 1 heterocycles. The summed E-state index contributed by atoms with van der Waals surface area (Å²) in [6, 6.07) is 25.2. The van der Waals surface area contributed by atoms with E-state index in [-0.39, 0.29) is 48.5 Å². The first-order valence-corrected chi connectivity index (χ1v) is 15.1. The highest BCUT2D eigenvalue weighted by molar-refractivity contribution is 7.93. The van der Waals surface area contributed by atoms with Crippen LogP contribution in [-0.4, -0.2) is 44.3 Å². The SMILES string of the molecule is CCNC(=O)[C@H](Cc1ccccc1)N(Cc1ccc(F)cc1)C(=O)CCCN1c2cccc3cccc(c23)S1(=O)=O. The largest absolute Gasteiger partial charge is 0.355 e. The maximum atomic E-state index is 13.8. The summed E-state index contributed by atoms with van der Waals surface area (Å²) >= 11 is 0. The normalized spacial score (nSPS) is 14.1. The second-order valence-corrected chi connectivity index (χ2v) is 11.9. The molecule has 9 heteroatoms. The summed E-state index contributed by atoms with van der Waals surface area (Å²) in [7, 11) is -3.74. The molecule has 1 N–H and O–H groups in total. The highest BCUT2D eigenvalue weighted by Gasteiger charge is 2.36. The molecule has 41 heavy (non-hydrogen) atoms. The summed E-state index contributed by atoms with van der Waals surface area (Å²) in [6.07, 6.45) is 0.595. The minimum Gasteiger partial charge on any atom is -0.355 e. The summed E-state index contributed by atoms with van der Waals surface area (Å²) < 4.78 is 41.7. The number of nitrogens with zero attached hydrogens (tertiary/aromatic N) is 2. The molecule has 212 valence electrons. The zero-order chi connectivity index (χ0) is 29.0. The number of halogens is 1. The molecule has 0 fully saturated rings. The quantitative estimate of drug-likeness (QED) is 0.272. The molecule has 1 aliphatic rings. The van der Waals surface area contributed by atoms with Gasteiger partial charge in [-0.05, 0) is 54.1 Å². The summed E-state index contributed by atoms with van der Waals surface area (Å²) in [4.78, 5) is 28.9. The Kier molecular flexibility index (Phi) is 8.35. The van der Waals surface area contributed by atoms with E-state index in [4.69, 9.17) is 0 Å². The van der Waals surface area contributed by atoms with Crippen molar-refractivity contribution in [2.24, 2.45) is 0 Å². The molecule has 0 saturated carbocycles. The van der Waals surface area contributed by atoms with E-state index in [2.05, 4.69) is 5.32 Å². The average Bonchev–Trinajstić information content (AvgIpc) is 3.19. The topological polar surface area (TPSA) is 86.8 Å². The second-order valence-electron chi connectivity index (χ2n) is 10.1. The van der Waals surface area contributed by atoms with Gasteiger partial charge in [0.25, 0.3) is 10.0 Å². The van der Waals surface area contributed by atoms with Crippen LogP contribution in [0.3, 0.4) is 0 Å². The van der Waals surface area contributed by atoms with Gasteiger partial charge in [-0.3, -0.25) is 13.9 Å². The fraction of sp³-hybridized carbons (Fsp3) is 0.250. The molecule has 0 saturated heterocycles. The van der Waals surface area contributed by atoms with E-state index in [9.17, 15) is 22.4 Å². The number of sulfonamides is 1. The first-order chi connectivity index (χ1) is 19.8. The van der Waals surface area contributed by atoms with Crippen LogP contribution < -0.4 is 9.62 Å². The summed E-state index contributed by atoms with van der Waals surface area (Å²) in [5, 5.41) is 4.39. The highest BCUT2D eigenvalue weighted by Crippen LogP contribution is 2.42. The number of rotatable bonds is 11. The third-order valence-electron chi connectivity index (χ3n) is 7.32. The number of anilines is 1. The van der Waals surface area contributed by atoms with Crippen molar-refractivity contribution in [2.45, 2.75) is 43.7 Å². The Labute approximate surface area is 239 Å². The van der Waals surface area contributed by atoms with Crippen molar-refractivity contribution < 1.29 is 22.4 Å². The number of carbonyl (C=O) groups is 2. The summed E-state index contributed by atoms with van der Waals surface area (Å²) in [6.45, 7) is 2.46. The molecule has 4 aromatic rings. The minimum absolute atomic E-state index is 0.0320. The molecule has 0 radical (unpaired) electrons. The van der Waals surface area contributed by atoms with Crippen molar-refractivity contribution in [2.75, 3.05) is 17.4 Å². The standard InChI is InChI=1S/C32H32FN3O4S/c1-2-34-32(38)28(21-23-9-4-3-5-10-23)35(22-24-16-18-26(33)19-17-24)30(37)15-8-20-36-27-13-6-11-25-12-7-14-29(31(25)27)41(36,39)40/h3-7,9-14,16-19,28H,2,8,15,20-22H2,1H3,(H,34,38)/t28-/m0/s1. The van der Waals surface area contributed by atoms with Gasteiger partial charge in [-0.1, -0.05) is 66.7 Å². The van der Waals surface area contributed by atoms with Gasteiger partial charge in [0.2, 0.25) is 11.8 Å². The van der Waals surface area contributed by atoms with Crippen molar-refractivity contribution >= 4 is 38.3 Å². The monoisotopic (exact) mass is 573 g/mol. The molecular weight excluding hydrogens is 541 g/mol. The van der Waals surface area contributed by atoms with Crippen LogP contribution in [0, 0.1) is 5.82 Å². The Balaban J connectivity index is 1.38. The number of hydrogen-bond acceptors (Lipinski definition) is 4. The number of hydrogen-bond donors (Lipinski definition) is 1. The summed E-state index contributed by atoms with van der Waals surface area (Å²) in [5.74, 6) is -0.955. The van der Waals surface area contributed by atoms with Crippen LogP contribution in [0.4, 0.5) is 10.1 Å². The van der Waals surface area contributed by atoms with Crippen molar-refractivity contribution in [1.82, 2.24) is 10.2 Å². The molecule has 0 spiro atoms. The van der Waals surface area contributed by atoms with Gasteiger partial charge in [0, 0.05) is 37.9 Å². The number of benzene rings is 4. The van der Waals surface area contributed by atoms with E-state index in [1.807, 2.05) is 55.5 Å². The van der Waals surface area contributed by atoms with E-state index in [1.165, 1.54) is 21.3 Å². The smallest absolute Gasteiger partial charge is 0.265 e. The minimum atomic E-state index is -3.74. The first-order valence-electron chi connectivity index (χ1n) is 13.7. The van der Waals surface area contributed by atoms with Crippen LogP contribution in [0.5, 0.6) is 0 Å². The molecular formula is C32H32FN3O4S. The Hall–Kier alpha value is -4.24. The van der Waals surface area contributed by atoms with Crippen LogP contribution in [0.15, 0.2) is 95.9 Å². The first kappa shape index (κ1) is 28.3. The maximum Gasteiger partial charge on any atom is 0.265 e. The molecule has 0 aromatic heterocycles. The molecule has 7 nitrogen and oxygen atoms in total. The van der Waals surface area contributed by atoms with Crippen LogP contribution >= 0.6 is 0 Å². The second kappa shape index (κ2) is 12.1. The van der Waals surface area contributed by atoms with E-state index >= 15 is 0 Å². The van der Waals surface area contributed by atoms with Crippen LogP contribution in [-0.2, 0) is 32.6 Å². The maximum absolute atomic E-state index is 13.8. The van der Waals surface area contributed by atoms with Gasteiger partial charge in [-0.25, -0.2) is 12.8 Å².